The van der Waals surface area contributed by atoms with Crippen molar-refractivity contribution in [2.45, 2.75) is 161 Å². The molecule has 12 heteroatoms. The molecule has 0 amide bonds. The Hall–Kier alpha value is -6.96. The maximum absolute atomic E-state index is 13.7. The molecule has 0 spiro atoms. The maximum atomic E-state index is 13.7. The second-order valence-corrected chi connectivity index (χ2v) is 26.9. The van der Waals surface area contributed by atoms with Crippen LogP contribution >= 0.6 is 0 Å². The van der Waals surface area contributed by atoms with Crippen molar-refractivity contribution in [2.24, 2.45) is 10.8 Å². The summed E-state index contributed by atoms with van der Waals surface area (Å²) in [7, 11) is 4.14. The number of carbonyl (C=O) groups is 4. The highest BCUT2D eigenvalue weighted by Crippen LogP contribution is 2.42. The van der Waals surface area contributed by atoms with E-state index in [1.54, 1.807) is 38.2 Å². The summed E-state index contributed by atoms with van der Waals surface area (Å²) in [5.41, 5.74) is 13.5. The number of likely N-dealkylation sites (N-methyl/N-ethyl adjacent to an activating group) is 2. The fourth-order valence-electron chi connectivity index (χ4n) is 11.2. The Bertz CT molecular complexity index is 2850. The Labute approximate surface area is 555 Å². The van der Waals surface area contributed by atoms with E-state index < -0.39 is 49.3 Å². The van der Waals surface area contributed by atoms with Crippen molar-refractivity contribution in [3.63, 3.8) is 0 Å². The van der Waals surface area contributed by atoms with Crippen LogP contribution in [-0.2, 0) is 38.1 Å². The van der Waals surface area contributed by atoms with Gasteiger partial charge in [-0.2, -0.15) is 0 Å². The third-order valence-corrected chi connectivity index (χ3v) is 17.5. The summed E-state index contributed by atoms with van der Waals surface area (Å²) in [6, 6.07) is 0. The van der Waals surface area contributed by atoms with Crippen LogP contribution in [0.5, 0.6) is 0 Å². The van der Waals surface area contributed by atoms with Crippen molar-refractivity contribution < 1.29 is 38.1 Å². The van der Waals surface area contributed by atoms with E-state index in [-0.39, 0.29) is 23.7 Å². The van der Waals surface area contributed by atoms with Gasteiger partial charge in [0.15, 0.2) is 12.2 Å². The Morgan fingerprint density at radius 1 is 0.424 bits per heavy atom. The van der Waals surface area contributed by atoms with Crippen molar-refractivity contribution in [1.82, 2.24) is 19.6 Å². The lowest BCUT2D eigenvalue weighted by molar-refractivity contribution is -0.181. The zero-order valence-electron chi connectivity index (χ0n) is 59.2. The molecular weight excluding hydrogens is 1140 g/mol. The number of piperazine rings is 2. The molecule has 0 radical (unpaired) electrons. The molecular formula is C80H114N4O8. The van der Waals surface area contributed by atoms with E-state index in [4.69, 9.17) is 18.9 Å². The van der Waals surface area contributed by atoms with E-state index in [2.05, 4.69) is 176 Å². The minimum Gasteiger partial charge on any atom is -0.458 e. The van der Waals surface area contributed by atoms with Crippen LogP contribution in [0.25, 0.3) is 0 Å². The highest BCUT2D eigenvalue weighted by atomic mass is 16.6. The minimum absolute atomic E-state index is 0.0582. The molecule has 0 aromatic rings. The average Bonchev–Trinajstić information content (AvgIpc) is 0.881. The first-order valence-electron chi connectivity index (χ1n) is 33.5. The number of rotatable bonds is 31. The molecule has 0 N–H and O–H groups in total. The van der Waals surface area contributed by atoms with Crippen molar-refractivity contribution in [3.8, 4) is 0 Å². The Balaban J connectivity index is 1.43. The molecule has 0 bridgehead atoms. The van der Waals surface area contributed by atoms with Gasteiger partial charge < -0.3 is 38.5 Å². The Kier molecular flexibility index (Phi) is 34.4. The molecule has 92 heavy (non-hydrogen) atoms. The monoisotopic (exact) mass is 1260 g/mol. The molecule has 2 aliphatic carbocycles. The molecule has 4 aliphatic rings. The molecule has 2 atom stereocenters. The molecule has 2 saturated heterocycles. The van der Waals surface area contributed by atoms with E-state index >= 15 is 0 Å². The van der Waals surface area contributed by atoms with Gasteiger partial charge in [0.2, 0.25) is 0 Å². The first kappa shape index (κ1) is 77.5. The van der Waals surface area contributed by atoms with Gasteiger partial charge in [0.1, 0.15) is 13.2 Å². The Morgan fingerprint density at radius 3 is 1.03 bits per heavy atom. The standard InChI is InChI=1S/C80H114N4O8/c1-61(31-21-33-65(5)41-43-71-67(7)39-25-47-79(71,11)12)27-17-19-29-63(3)35-23-37-69(9)77(87)89-59-73(91-75(85)45-49-83-55-51-81(15)52-56-83)74(92-76(86)46-50-84-57-53-82(16)54-58-84)60-90-78(88)70(10)38-24-36-64(4)30-20-18-28-62(2)32-22-34-66(6)42-44-72-68(8)40-26-48-80(72,13)14/h17-24,27-38,41-44,73-74H,25-26,39-40,45-60H2,1-16H3/b19-17+,20-18+,31-21+,32-22+,35-23+,36-24+,43-41+,44-42+,61-27+,62-28+,63-29+,64-30+,65-33+,66-34+,69-37-,70-38-/t73-,74+. The van der Waals surface area contributed by atoms with Crippen LogP contribution in [0.4, 0.5) is 0 Å². The third-order valence-electron chi connectivity index (χ3n) is 17.5. The number of nitrogens with zero attached hydrogens (tertiary/aromatic N) is 4. The molecule has 4 rings (SSSR count). The third kappa shape index (κ3) is 30.6. The van der Waals surface area contributed by atoms with E-state index in [1.165, 1.54) is 72.0 Å². The molecule has 2 fully saturated rings. The first-order chi connectivity index (χ1) is 43.7. The van der Waals surface area contributed by atoms with Crippen LogP contribution in [0.3, 0.4) is 0 Å². The fourth-order valence-corrected chi connectivity index (χ4v) is 11.2. The summed E-state index contributed by atoms with van der Waals surface area (Å²) in [6.07, 6.45) is 53.1. The van der Waals surface area contributed by atoms with Gasteiger partial charge in [-0.15, -0.1) is 0 Å². The van der Waals surface area contributed by atoms with Crippen LogP contribution in [0.15, 0.2) is 213 Å². The van der Waals surface area contributed by atoms with Gasteiger partial charge >= 0.3 is 23.9 Å². The van der Waals surface area contributed by atoms with E-state index in [0.717, 1.165) is 74.7 Å². The van der Waals surface area contributed by atoms with Crippen molar-refractivity contribution in [3.05, 3.63) is 213 Å². The quantitative estimate of drug-likeness (QED) is 0.0285. The number of hydrogen-bond acceptors (Lipinski definition) is 12. The molecule has 2 aliphatic heterocycles. The number of allylic oxidation sites excluding steroid dienone is 34. The Morgan fingerprint density at radius 2 is 0.717 bits per heavy atom. The number of carbonyl (C=O) groups excluding carboxylic acids is 4. The molecule has 2 heterocycles. The SMILES string of the molecule is CC1=C(/C=C/C(C)=C/C=C/C(C)=C/C=C/C=C(C)/C=C/C=C(/C)C(=O)OC[C@H](OC(=O)CCN2CCN(C)CC2)[C@@H](COC(=O)\C(C)=C/C=C/C(C)=C/C=C/C=C(C)/C=C/C=C(C)/C=C/C2=C(C)CCCC2(C)C)OC(=O)CCN2CCN(C)CC2)C(C)(C)CCC1. The van der Waals surface area contributed by atoms with E-state index in [9.17, 15) is 19.2 Å². The summed E-state index contributed by atoms with van der Waals surface area (Å²) in [6.45, 7) is 36.3. The summed E-state index contributed by atoms with van der Waals surface area (Å²) in [4.78, 5) is 63.5. The number of hydrogen-bond donors (Lipinski definition) is 0. The number of esters is 4. The van der Waals surface area contributed by atoms with Gasteiger partial charge in [-0.3, -0.25) is 9.59 Å². The predicted molar refractivity (Wildman–Crippen MR) is 383 cm³/mol. The van der Waals surface area contributed by atoms with Crippen LogP contribution in [0.2, 0.25) is 0 Å². The molecule has 0 unspecified atom stereocenters. The summed E-state index contributed by atoms with van der Waals surface area (Å²) >= 11 is 0. The first-order valence-corrected chi connectivity index (χ1v) is 33.5. The van der Waals surface area contributed by atoms with Gasteiger partial charge in [-0.05, 0) is 144 Å². The average molecular weight is 1260 g/mol. The second kappa shape index (κ2) is 40.9. The normalized spacial score (nSPS) is 20.7. The fraction of sp³-hybridized carbons (Fsp3) is 0.500. The van der Waals surface area contributed by atoms with Gasteiger partial charge in [0.05, 0.1) is 12.8 Å². The lowest BCUT2D eigenvalue weighted by atomic mass is 9.72. The molecule has 12 nitrogen and oxygen atoms in total. The van der Waals surface area contributed by atoms with E-state index in [1.807, 2.05) is 62.5 Å². The topological polar surface area (TPSA) is 118 Å². The maximum Gasteiger partial charge on any atom is 0.333 e. The van der Waals surface area contributed by atoms with Gasteiger partial charge in [-0.1, -0.05) is 218 Å². The van der Waals surface area contributed by atoms with Crippen LogP contribution < -0.4 is 0 Å². The lowest BCUT2D eigenvalue weighted by Crippen LogP contribution is -2.46. The highest BCUT2D eigenvalue weighted by molar-refractivity contribution is 5.88. The smallest absolute Gasteiger partial charge is 0.333 e. The van der Waals surface area contributed by atoms with Crippen molar-refractivity contribution in [1.29, 1.82) is 0 Å². The minimum atomic E-state index is -1.29. The molecule has 0 aromatic heterocycles. The van der Waals surface area contributed by atoms with Gasteiger partial charge in [0, 0.05) is 76.6 Å². The highest BCUT2D eigenvalue weighted by Gasteiger charge is 2.33. The number of ether oxygens (including phenoxy) is 4. The zero-order chi connectivity index (χ0) is 67.6. The molecule has 502 valence electrons. The second-order valence-electron chi connectivity index (χ2n) is 26.9. The summed E-state index contributed by atoms with van der Waals surface area (Å²) in [5.74, 6) is -2.42. The lowest BCUT2D eigenvalue weighted by Gasteiger charge is -2.33. The molecule has 0 aromatic carbocycles. The van der Waals surface area contributed by atoms with Gasteiger partial charge in [0.25, 0.3) is 0 Å². The zero-order valence-corrected chi connectivity index (χ0v) is 59.2. The van der Waals surface area contributed by atoms with Crippen LogP contribution in [-0.4, -0.2) is 148 Å². The van der Waals surface area contributed by atoms with Crippen LogP contribution in [0, 0.1) is 10.8 Å². The largest absolute Gasteiger partial charge is 0.458 e. The van der Waals surface area contributed by atoms with Gasteiger partial charge in [-0.25, -0.2) is 9.59 Å². The van der Waals surface area contributed by atoms with E-state index in [0.29, 0.717) is 24.2 Å². The molecule has 0 saturated carbocycles. The van der Waals surface area contributed by atoms with Crippen molar-refractivity contribution >= 4 is 23.9 Å². The predicted octanol–water partition coefficient (Wildman–Crippen LogP) is 16.2. The summed E-state index contributed by atoms with van der Waals surface area (Å²) in [5, 5.41) is 0. The van der Waals surface area contributed by atoms with Crippen LogP contribution in [0.1, 0.15) is 148 Å². The summed E-state index contributed by atoms with van der Waals surface area (Å²) < 4.78 is 23.7. The van der Waals surface area contributed by atoms with Crippen molar-refractivity contribution in [2.75, 3.05) is 92.8 Å².